The Balaban J connectivity index is 1.57. The van der Waals surface area contributed by atoms with E-state index in [2.05, 4.69) is 89.7 Å². The molecule has 0 bridgehead atoms. The number of benzene rings is 1. The summed E-state index contributed by atoms with van der Waals surface area (Å²) < 4.78 is 2.03. The summed E-state index contributed by atoms with van der Waals surface area (Å²) in [4.78, 5) is 18.5. The molecule has 3 N–H and O–H groups in total. The Labute approximate surface area is 206 Å². The number of aromatic nitrogens is 5. The zero-order valence-electron chi connectivity index (χ0n) is 21.2. The molecule has 0 fully saturated rings. The first-order chi connectivity index (χ1) is 16.9. The van der Waals surface area contributed by atoms with Gasteiger partial charge >= 0.3 is 0 Å². The number of hydrogen-bond donors (Lipinski definition) is 3. The largest absolute Gasteiger partial charge is 0.394 e. The number of imidazole rings is 1. The summed E-state index contributed by atoms with van der Waals surface area (Å²) in [7, 11) is 0. The monoisotopic (exact) mass is 473 g/mol. The normalized spacial score (nSPS) is 12.5. The van der Waals surface area contributed by atoms with Crippen LogP contribution in [0.25, 0.3) is 22.4 Å². The zero-order chi connectivity index (χ0) is 24.9. The van der Waals surface area contributed by atoms with Crippen LogP contribution in [0.2, 0.25) is 0 Å². The van der Waals surface area contributed by atoms with Gasteiger partial charge in [-0.3, -0.25) is 4.98 Å². The van der Waals surface area contributed by atoms with Gasteiger partial charge in [0, 0.05) is 24.3 Å². The van der Waals surface area contributed by atoms with Crippen LogP contribution < -0.4 is 10.6 Å². The van der Waals surface area contributed by atoms with Crippen molar-refractivity contribution in [1.29, 1.82) is 0 Å². The van der Waals surface area contributed by atoms with Crippen LogP contribution in [0.15, 0.2) is 48.9 Å². The standard InChI is InChI=1S/C27H35N7O/c1-6-22(15-35)31-27-32-25(24-26(33-27)34(16-30-24)18(4)5)29-14-19-7-9-20(10-8-19)23-13-21(17(2)3)11-12-28-23/h7-13,16-18,22,35H,6,14-15H2,1-5H3,(H2,29,31,32,33)/t22-/m1/s1. The fraction of sp³-hybridized carbons (Fsp3) is 0.407. The minimum absolute atomic E-state index is 0.0192. The summed E-state index contributed by atoms with van der Waals surface area (Å²) in [5.41, 5.74) is 5.98. The van der Waals surface area contributed by atoms with Gasteiger partial charge in [0.1, 0.15) is 0 Å². The highest BCUT2D eigenvalue weighted by atomic mass is 16.3. The van der Waals surface area contributed by atoms with Crippen molar-refractivity contribution < 1.29 is 5.11 Å². The van der Waals surface area contributed by atoms with Crippen LogP contribution in [0.5, 0.6) is 0 Å². The Hall–Kier alpha value is -3.52. The number of hydrogen-bond acceptors (Lipinski definition) is 7. The van der Waals surface area contributed by atoms with Gasteiger partial charge in [-0.25, -0.2) is 4.98 Å². The number of nitrogens with one attached hydrogen (secondary N) is 2. The van der Waals surface area contributed by atoms with E-state index in [0.717, 1.165) is 34.4 Å². The molecular formula is C27H35N7O. The quantitative estimate of drug-likeness (QED) is 0.284. The average Bonchev–Trinajstić information content (AvgIpc) is 3.30. The van der Waals surface area contributed by atoms with Crippen molar-refractivity contribution >= 4 is 22.9 Å². The van der Waals surface area contributed by atoms with E-state index in [0.29, 0.717) is 24.2 Å². The third-order valence-electron chi connectivity index (χ3n) is 6.18. The predicted octanol–water partition coefficient (Wildman–Crippen LogP) is 5.39. The Morgan fingerprint density at radius 1 is 1.00 bits per heavy atom. The molecular weight excluding hydrogens is 438 g/mol. The van der Waals surface area contributed by atoms with Crippen molar-refractivity contribution in [2.45, 2.75) is 65.6 Å². The van der Waals surface area contributed by atoms with Gasteiger partial charge < -0.3 is 20.3 Å². The molecule has 184 valence electrons. The molecule has 0 saturated carbocycles. The number of fused-ring (bicyclic) bond motifs is 1. The van der Waals surface area contributed by atoms with Gasteiger partial charge in [0.05, 0.1) is 24.7 Å². The van der Waals surface area contributed by atoms with Crippen LogP contribution in [-0.4, -0.2) is 42.3 Å². The lowest BCUT2D eigenvalue weighted by atomic mass is 10.0. The van der Waals surface area contributed by atoms with E-state index in [-0.39, 0.29) is 18.7 Å². The maximum absolute atomic E-state index is 9.62. The first-order valence-electron chi connectivity index (χ1n) is 12.3. The Bertz CT molecular complexity index is 1260. The van der Waals surface area contributed by atoms with Crippen molar-refractivity contribution in [1.82, 2.24) is 24.5 Å². The molecule has 0 saturated heterocycles. The van der Waals surface area contributed by atoms with Gasteiger partial charge in [-0.1, -0.05) is 45.0 Å². The second-order valence-corrected chi connectivity index (χ2v) is 9.43. The molecule has 0 radical (unpaired) electrons. The smallest absolute Gasteiger partial charge is 0.227 e. The summed E-state index contributed by atoms with van der Waals surface area (Å²) in [6.45, 7) is 11.2. The van der Waals surface area contributed by atoms with Gasteiger partial charge in [0.15, 0.2) is 17.0 Å². The molecule has 0 aliphatic carbocycles. The molecule has 1 aromatic carbocycles. The van der Waals surface area contributed by atoms with Crippen LogP contribution in [0.3, 0.4) is 0 Å². The van der Waals surface area contributed by atoms with E-state index in [1.54, 1.807) is 6.33 Å². The van der Waals surface area contributed by atoms with Crippen molar-refractivity contribution in [2.75, 3.05) is 17.2 Å². The van der Waals surface area contributed by atoms with E-state index in [9.17, 15) is 5.11 Å². The maximum Gasteiger partial charge on any atom is 0.227 e. The highest BCUT2D eigenvalue weighted by Gasteiger charge is 2.16. The lowest BCUT2D eigenvalue weighted by Crippen LogP contribution is -2.24. The summed E-state index contributed by atoms with van der Waals surface area (Å²) >= 11 is 0. The zero-order valence-corrected chi connectivity index (χ0v) is 21.2. The summed E-state index contributed by atoms with van der Waals surface area (Å²) in [6.07, 6.45) is 4.45. The third kappa shape index (κ3) is 5.59. The molecule has 3 aromatic heterocycles. The molecule has 1 atom stereocenters. The second kappa shape index (κ2) is 10.8. The SMILES string of the molecule is CC[C@H](CO)Nc1nc(NCc2ccc(-c3cc(C(C)C)ccn3)cc2)c2ncn(C(C)C)c2n1. The van der Waals surface area contributed by atoms with Crippen molar-refractivity contribution in [3.8, 4) is 11.3 Å². The van der Waals surface area contributed by atoms with E-state index in [4.69, 9.17) is 4.98 Å². The second-order valence-electron chi connectivity index (χ2n) is 9.43. The van der Waals surface area contributed by atoms with Crippen LogP contribution >= 0.6 is 0 Å². The first-order valence-corrected chi connectivity index (χ1v) is 12.3. The van der Waals surface area contributed by atoms with E-state index >= 15 is 0 Å². The van der Waals surface area contributed by atoms with Gasteiger partial charge in [-0.2, -0.15) is 9.97 Å². The average molecular weight is 474 g/mol. The summed E-state index contributed by atoms with van der Waals surface area (Å²) in [5.74, 6) is 1.61. The fourth-order valence-corrected chi connectivity index (χ4v) is 3.88. The van der Waals surface area contributed by atoms with E-state index in [1.165, 1.54) is 5.56 Å². The number of nitrogens with zero attached hydrogens (tertiary/aromatic N) is 5. The molecule has 8 nitrogen and oxygen atoms in total. The predicted molar refractivity (Wildman–Crippen MR) is 142 cm³/mol. The van der Waals surface area contributed by atoms with E-state index in [1.807, 2.05) is 17.7 Å². The fourth-order valence-electron chi connectivity index (χ4n) is 3.88. The summed E-state index contributed by atoms with van der Waals surface area (Å²) in [6, 6.07) is 12.8. The number of pyridine rings is 1. The molecule has 35 heavy (non-hydrogen) atoms. The molecule has 0 unspecified atom stereocenters. The molecule has 8 heteroatoms. The topological polar surface area (TPSA) is 101 Å². The van der Waals surface area contributed by atoms with Crippen LogP contribution in [0.1, 0.15) is 64.1 Å². The molecule has 4 rings (SSSR count). The van der Waals surface area contributed by atoms with Crippen molar-refractivity contribution in [2.24, 2.45) is 0 Å². The Kier molecular flexibility index (Phi) is 7.60. The summed E-state index contributed by atoms with van der Waals surface area (Å²) in [5, 5.41) is 16.3. The number of anilines is 2. The third-order valence-corrected chi connectivity index (χ3v) is 6.18. The number of aliphatic hydroxyl groups is 1. The minimum Gasteiger partial charge on any atom is -0.394 e. The molecule has 0 amide bonds. The van der Waals surface area contributed by atoms with Crippen LogP contribution in [-0.2, 0) is 6.54 Å². The van der Waals surface area contributed by atoms with E-state index < -0.39 is 0 Å². The highest BCUT2D eigenvalue weighted by Crippen LogP contribution is 2.25. The molecule has 4 aromatic rings. The highest BCUT2D eigenvalue weighted by molar-refractivity contribution is 5.84. The van der Waals surface area contributed by atoms with Crippen LogP contribution in [0, 0.1) is 0 Å². The first kappa shape index (κ1) is 24.6. The van der Waals surface area contributed by atoms with Crippen molar-refractivity contribution in [3.63, 3.8) is 0 Å². The van der Waals surface area contributed by atoms with Crippen molar-refractivity contribution in [3.05, 3.63) is 60.0 Å². The lowest BCUT2D eigenvalue weighted by molar-refractivity contribution is 0.271. The molecule has 3 heterocycles. The number of aliphatic hydroxyl groups excluding tert-OH is 1. The Morgan fingerprint density at radius 2 is 1.77 bits per heavy atom. The molecule has 0 aliphatic rings. The molecule has 0 spiro atoms. The maximum atomic E-state index is 9.62. The minimum atomic E-state index is -0.105. The Morgan fingerprint density at radius 3 is 2.43 bits per heavy atom. The lowest BCUT2D eigenvalue weighted by Gasteiger charge is -2.16. The van der Waals surface area contributed by atoms with Gasteiger partial charge in [0.2, 0.25) is 5.95 Å². The van der Waals surface area contributed by atoms with Gasteiger partial charge in [0.25, 0.3) is 0 Å². The number of rotatable bonds is 10. The van der Waals surface area contributed by atoms with Gasteiger partial charge in [-0.05, 0) is 49.4 Å². The van der Waals surface area contributed by atoms with Crippen LogP contribution in [0.4, 0.5) is 11.8 Å². The van der Waals surface area contributed by atoms with Gasteiger partial charge in [-0.15, -0.1) is 0 Å². The molecule has 0 aliphatic heterocycles.